The lowest BCUT2D eigenvalue weighted by molar-refractivity contribution is 0.737. The standard InChI is InChI=1S/C13H16N2O/c1-4-8(2)11-7-9(3)14-13-10(11)5-6-12(16)15-13/h5-8H,4H2,1-3H3,(H,14,15,16). The van der Waals surface area contributed by atoms with Gasteiger partial charge in [0.05, 0.1) is 0 Å². The SMILES string of the molecule is CCC(C)c1cc(C)nc2[nH]c(=O)ccc12. The molecular formula is C13H16N2O. The Hall–Kier alpha value is -1.64. The zero-order valence-electron chi connectivity index (χ0n) is 9.87. The van der Waals surface area contributed by atoms with E-state index >= 15 is 0 Å². The second kappa shape index (κ2) is 4.08. The lowest BCUT2D eigenvalue weighted by Gasteiger charge is -2.12. The smallest absolute Gasteiger partial charge is 0.249 e. The van der Waals surface area contributed by atoms with Gasteiger partial charge in [-0.1, -0.05) is 13.8 Å². The number of nitrogens with one attached hydrogen (secondary N) is 1. The molecule has 0 bridgehead atoms. The molecule has 2 heterocycles. The van der Waals surface area contributed by atoms with Gasteiger partial charge in [-0.15, -0.1) is 0 Å². The van der Waals surface area contributed by atoms with Crippen molar-refractivity contribution in [2.24, 2.45) is 0 Å². The number of fused-ring (bicyclic) bond motifs is 1. The van der Waals surface area contributed by atoms with Gasteiger partial charge in [0.15, 0.2) is 0 Å². The van der Waals surface area contributed by atoms with E-state index in [9.17, 15) is 4.79 Å². The third-order valence-corrected chi connectivity index (χ3v) is 3.00. The predicted molar refractivity (Wildman–Crippen MR) is 65.8 cm³/mol. The topological polar surface area (TPSA) is 45.8 Å². The van der Waals surface area contributed by atoms with E-state index in [0.717, 1.165) is 17.5 Å². The van der Waals surface area contributed by atoms with Gasteiger partial charge in [0, 0.05) is 17.1 Å². The van der Waals surface area contributed by atoms with Gasteiger partial charge >= 0.3 is 0 Å². The molecule has 0 fully saturated rings. The molecule has 1 N–H and O–H groups in total. The maximum Gasteiger partial charge on any atom is 0.249 e. The molecule has 3 nitrogen and oxygen atoms in total. The van der Waals surface area contributed by atoms with E-state index in [1.165, 1.54) is 5.56 Å². The number of rotatable bonds is 2. The molecule has 3 heteroatoms. The number of aromatic amines is 1. The Bertz CT molecular complexity index is 572. The van der Waals surface area contributed by atoms with E-state index in [-0.39, 0.29) is 5.56 Å². The summed E-state index contributed by atoms with van der Waals surface area (Å²) in [6.07, 6.45) is 1.08. The van der Waals surface area contributed by atoms with Gasteiger partial charge in [0.25, 0.3) is 0 Å². The molecule has 16 heavy (non-hydrogen) atoms. The first-order valence-electron chi connectivity index (χ1n) is 5.62. The quantitative estimate of drug-likeness (QED) is 0.839. The number of aryl methyl sites for hydroxylation is 1. The van der Waals surface area contributed by atoms with E-state index in [4.69, 9.17) is 0 Å². The lowest BCUT2D eigenvalue weighted by atomic mass is 9.95. The fraction of sp³-hybridized carbons (Fsp3) is 0.385. The Balaban J connectivity index is 2.77. The fourth-order valence-corrected chi connectivity index (χ4v) is 1.92. The molecule has 0 aliphatic heterocycles. The highest BCUT2D eigenvalue weighted by Crippen LogP contribution is 2.25. The molecule has 0 saturated heterocycles. The largest absolute Gasteiger partial charge is 0.307 e. The van der Waals surface area contributed by atoms with Gasteiger partial charge in [-0.25, -0.2) is 4.98 Å². The van der Waals surface area contributed by atoms with Crippen molar-refractivity contribution in [2.75, 3.05) is 0 Å². The molecule has 0 spiro atoms. The molecule has 2 aromatic rings. The summed E-state index contributed by atoms with van der Waals surface area (Å²) >= 11 is 0. The van der Waals surface area contributed by atoms with Gasteiger partial charge < -0.3 is 4.98 Å². The molecule has 0 aliphatic rings. The number of nitrogens with zero attached hydrogens (tertiary/aromatic N) is 1. The van der Waals surface area contributed by atoms with Crippen LogP contribution in [0, 0.1) is 6.92 Å². The predicted octanol–water partition coefficient (Wildman–Crippen LogP) is 2.75. The first-order chi connectivity index (χ1) is 7.61. The Morgan fingerprint density at radius 1 is 1.44 bits per heavy atom. The summed E-state index contributed by atoms with van der Waals surface area (Å²) < 4.78 is 0. The molecular weight excluding hydrogens is 200 g/mol. The van der Waals surface area contributed by atoms with Crippen LogP contribution in [0.3, 0.4) is 0 Å². The van der Waals surface area contributed by atoms with Crippen molar-refractivity contribution >= 4 is 11.0 Å². The second-order valence-corrected chi connectivity index (χ2v) is 4.25. The summed E-state index contributed by atoms with van der Waals surface area (Å²) in [4.78, 5) is 18.4. The fourth-order valence-electron chi connectivity index (χ4n) is 1.92. The number of H-pyrrole nitrogens is 1. The average Bonchev–Trinajstić information content (AvgIpc) is 2.26. The third-order valence-electron chi connectivity index (χ3n) is 3.00. The van der Waals surface area contributed by atoms with Crippen molar-refractivity contribution in [3.05, 3.63) is 39.8 Å². The van der Waals surface area contributed by atoms with Crippen LogP contribution < -0.4 is 5.56 Å². The Morgan fingerprint density at radius 2 is 2.19 bits per heavy atom. The van der Waals surface area contributed by atoms with E-state index < -0.39 is 0 Å². The first kappa shape index (κ1) is 10.9. The average molecular weight is 216 g/mol. The van der Waals surface area contributed by atoms with Crippen LogP contribution in [-0.4, -0.2) is 9.97 Å². The molecule has 0 aromatic carbocycles. The number of pyridine rings is 2. The maximum atomic E-state index is 11.2. The first-order valence-corrected chi connectivity index (χ1v) is 5.62. The maximum absolute atomic E-state index is 11.2. The highest BCUT2D eigenvalue weighted by atomic mass is 16.1. The molecule has 0 amide bonds. The monoisotopic (exact) mass is 216 g/mol. The minimum absolute atomic E-state index is 0.0966. The molecule has 0 saturated carbocycles. The van der Waals surface area contributed by atoms with Crippen LogP contribution in [0.25, 0.3) is 11.0 Å². The van der Waals surface area contributed by atoms with E-state index in [2.05, 4.69) is 29.9 Å². The zero-order chi connectivity index (χ0) is 11.7. The second-order valence-electron chi connectivity index (χ2n) is 4.25. The van der Waals surface area contributed by atoms with Gasteiger partial charge in [0.1, 0.15) is 5.65 Å². The normalized spacial score (nSPS) is 12.9. The molecule has 2 rings (SSSR count). The summed E-state index contributed by atoms with van der Waals surface area (Å²) in [6, 6.07) is 5.53. The van der Waals surface area contributed by atoms with Crippen LogP contribution in [-0.2, 0) is 0 Å². The van der Waals surface area contributed by atoms with E-state index in [1.807, 2.05) is 13.0 Å². The number of hydrogen-bond donors (Lipinski definition) is 1. The summed E-state index contributed by atoms with van der Waals surface area (Å²) in [6.45, 7) is 6.31. The van der Waals surface area contributed by atoms with Gasteiger partial charge in [0.2, 0.25) is 5.56 Å². The molecule has 1 unspecified atom stereocenters. The lowest BCUT2D eigenvalue weighted by Crippen LogP contribution is -2.06. The molecule has 1 atom stereocenters. The van der Waals surface area contributed by atoms with Gasteiger partial charge in [-0.3, -0.25) is 4.79 Å². The van der Waals surface area contributed by atoms with Crippen molar-refractivity contribution in [3.8, 4) is 0 Å². The van der Waals surface area contributed by atoms with Crippen molar-refractivity contribution < 1.29 is 0 Å². The van der Waals surface area contributed by atoms with Crippen molar-refractivity contribution in [3.63, 3.8) is 0 Å². The van der Waals surface area contributed by atoms with Crippen LogP contribution in [0.15, 0.2) is 23.0 Å². The summed E-state index contributed by atoms with van der Waals surface area (Å²) in [7, 11) is 0. The summed E-state index contributed by atoms with van der Waals surface area (Å²) in [5.41, 5.74) is 2.81. The Kier molecular flexibility index (Phi) is 2.77. The third kappa shape index (κ3) is 1.85. The minimum Gasteiger partial charge on any atom is -0.307 e. The Labute approximate surface area is 94.5 Å². The van der Waals surface area contributed by atoms with Gasteiger partial charge in [-0.2, -0.15) is 0 Å². The minimum atomic E-state index is -0.0966. The van der Waals surface area contributed by atoms with Crippen LogP contribution >= 0.6 is 0 Å². The molecule has 84 valence electrons. The highest BCUT2D eigenvalue weighted by Gasteiger charge is 2.09. The van der Waals surface area contributed by atoms with E-state index in [0.29, 0.717) is 11.6 Å². The van der Waals surface area contributed by atoms with E-state index in [1.54, 1.807) is 6.07 Å². The van der Waals surface area contributed by atoms with Crippen LogP contribution in [0.4, 0.5) is 0 Å². The van der Waals surface area contributed by atoms with Crippen LogP contribution in [0.2, 0.25) is 0 Å². The summed E-state index contributed by atoms with van der Waals surface area (Å²) in [5.74, 6) is 0.482. The number of hydrogen-bond acceptors (Lipinski definition) is 2. The van der Waals surface area contributed by atoms with Crippen LogP contribution in [0.1, 0.15) is 37.4 Å². The molecule has 0 radical (unpaired) electrons. The molecule has 0 aliphatic carbocycles. The van der Waals surface area contributed by atoms with Crippen LogP contribution in [0.5, 0.6) is 0 Å². The number of aromatic nitrogens is 2. The zero-order valence-corrected chi connectivity index (χ0v) is 9.87. The van der Waals surface area contributed by atoms with Crippen molar-refractivity contribution in [1.82, 2.24) is 9.97 Å². The molecule has 2 aromatic heterocycles. The van der Waals surface area contributed by atoms with Crippen molar-refractivity contribution in [2.45, 2.75) is 33.1 Å². The Morgan fingerprint density at radius 3 is 2.88 bits per heavy atom. The van der Waals surface area contributed by atoms with Crippen molar-refractivity contribution in [1.29, 1.82) is 0 Å². The highest BCUT2D eigenvalue weighted by molar-refractivity contribution is 5.79. The van der Waals surface area contributed by atoms with Gasteiger partial charge in [-0.05, 0) is 37.0 Å². The summed E-state index contributed by atoms with van der Waals surface area (Å²) in [5, 5.41) is 1.06.